The molecule has 0 bridgehead atoms. The molecule has 0 saturated heterocycles. The van der Waals surface area contributed by atoms with E-state index in [1.54, 1.807) is 24.4 Å². The molecule has 1 aliphatic rings. The predicted molar refractivity (Wildman–Crippen MR) is 94.4 cm³/mol. The van der Waals surface area contributed by atoms with E-state index in [1.165, 1.54) is 11.3 Å². The van der Waals surface area contributed by atoms with Crippen LogP contribution in [-0.4, -0.2) is 27.2 Å². The van der Waals surface area contributed by atoms with Crippen LogP contribution in [0, 0.1) is 0 Å². The van der Waals surface area contributed by atoms with Crippen LogP contribution in [0.25, 0.3) is 0 Å². The number of alkyl halides is 1. The molecule has 2 aromatic rings. The fourth-order valence-electron chi connectivity index (χ4n) is 2.32. The quantitative estimate of drug-likeness (QED) is 0.752. The summed E-state index contributed by atoms with van der Waals surface area (Å²) < 4.78 is 0. The molecule has 1 aromatic heterocycles. The number of hydrogen-bond acceptors (Lipinski definition) is 5. The Morgan fingerprint density at radius 2 is 2.22 bits per heavy atom. The first-order valence-corrected chi connectivity index (χ1v) is 9.01. The fraction of sp³-hybridized carbons (Fsp3) is 0.133. The third-order valence-electron chi connectivity index (χ3n) is 3.32. The maximum atomic E-state index is 11.8. The first kappa shape index (κ1) is 16.2. The monoisotopic (exact) mass is 411 g/mol. The van der Waals surface area contributed by atoms with Gasteiger partial charge in [-0.1, -0.05) is 45.7 Å². The van der Waals surface area contributed by atoms with Crippen molar-refractivity contribution in [3.8, 4) is 0 Å². The highest BCUT2D eigenvalue weighted by atomic mass is 79.9. The number of hydrogen-bond donors (Lipinski definition) is 2. The lowest BCUT2D eigenvalue weighted by molar-refractivity contribution is -0.133. The van der Waals surface area contributed by atoms with Crippen LogP contribution >= 0.6 is 38.9 Å². The molecule has 1 aromatic carbocycles. The van der Waals surface area contributed by atoms with Gasteiger partial charge in [-0.15, -0.1) is 11.3 Å². The van der Waals surface area contributed by atoms with E-state index < -0.39 is 12.0 Å². The minimum atomic E-state index is -1.03. The smallest absolute Gasteiger partial charge is 0.335 e. The van der Waals surface area contributed by atoms with Crippen LogP contribution in [0.15, 0.2) is 52.1 Å². The molecule has 0 aliphatic carbocycles. The number of aromatic nitrogens is 1. The first-order chi connectivity index (χ1) is 11.1. The van der Waals surface area contributed by atoms with Crippen molar-refractivity contribution in [1.82, 2.24) is 10.3 Å². The standard InChI is InChI=1S/C15H11BrClN3O2S/c16-7-10-11(15(21)22)12(8-3-1-2-4-9(8)17)20-13(19-10)14-18-5-6-23-14/h1-6,12H,7H2,(H,19,20)(H,21,22). The number of benzene rings is 1. The van der Waals surface area contributed by atoms with Crippen LogP contribution in [0.3, 0.4) is 0 Å². The number of halogens is 2. The minimum absolute atomic E-state index is 0.176. The summed E-state index contributed by atoms with van der Waals surface area (Å²) in [4.78, 5) is 20.6. The van der Waals surface area contributed by atoms with Crippen molar-refractivity contribution < 1.29 is 9.90 Å². The largest absolute Gasteiger partial charge is 0.478 e. The van der Waals surface area contributed by atoms with E-state index >= 15 is 0 Å². The minimum Gasteiger partial charge on any atom is -0.478 e. The van der Waals surface area contributed by atoms with Crippen molar-refractivity contribution in [2.24, 2.45) is 4.99 Å². The predicted octanol–water partition coefficient (Wildman–Crippen LogP) is 3.62. The maximum Gasteiger partial charge on any atom is 0.335 e. The van der Waals surface area contributed by atoms with Crippen molar-refractivity contribution in [3.63, 3.8) is 0 Å². The number of thiazole rings is 1. The molecule has 2 heterocycles. The Hall–Kier alpha value is -1.70. The van der Waals surface area contributed by atoms with Crippen LogP contribution in [0.5, 0.6) is 0 Å². The summed E-state index contributed by atoms with van der Waals surface area (Å²) in [5, 5.41) is 16.1. The third-order valence-corrected chi connectivity index (χ3v) is 5.01. The van der Waals surface area contributed by atoms with E-state index in [1.807, 2.05) is 11.4 Å². The van der Waals surface area contributed by atoms with Gasteiger partial charge in [-0.05, 0) is 6.07 Å². The van der Waals surface area contributed by atoms with Gasteiger partial charge in [0.25, 0.3) is 0 Å². The summed E-state index contributed by atoms with van der Waals surface area (Å²) in [5.74, 6) is -0.483. The number of allylic oxidation sites excluding steroid dienone is 1. The Bertz CT molecular complexity index is 805. The van der Waals surface area contributed by atoms with Gasteiger partial charge in [0.05, 0.1) is 5.57 Å². The van der Waals surface area contributed by atoms with Gasteiger partial charge in [0, 0.05) is 33.2 Å². The van der Waals surface area contributed by atoms with Crippen molar-refractivity contribution in [2.75, 3.05) is 5.33 Å². The Labute approximate surface area is 149 Å². The van der Waals surface area contributed by atoms with Gasteiger partial charge in [0.1, 0.15) is 6.04 Å². The lowest BCUT2D eigenvalue weighted by Gasteiger charge is -2.25. The lowest BCUT2D eigenvalue weighted by Crippen LogP contribution is -2.34. The van der Waals surface area contributed by atoms with Gasteiger partial charge in [-0.2, -0.15) is 0 Å². The molecule has 118 valence electrons. The molecular weight excluding hydrogens is 402 g/mol. The Morgan fingerprint density at radius 3 is 2.83 bits per heavy atom. The number of nitrogens with one attached hydrogen (secondary N) is 1. The Kier molecular flexibility index (Phi) is 4.79. The van der Waals surface area contributed by atoms with E-state index in [0.29, 0.717) is 32.5 Å². The topological polar surface area (TPSA) is 74.6 Å². The van der Waals surface area contributed by atoms with Crippen LogP contribution in [0.1, 0.15) is 16.6 Å². The van der Waals surface area contributed by atoms with Gasteiger partial charge in [-0.3, -0.25) is 4.99 Å². The SMILES string of the molecule is O=C(O)C1=C(CBr)NC(c2nccs2)=NC1c1ccccc1Cl. The summed E-state index contributed by atoms with van der Waals surface area (Å²) in [6, 6.07) is 6.44. The third kappa shape index (κ3) is 3.17. The Morgan fingerprint density at radius 1 is 1.43 bits per heavy atom. The van der Waals surface area contributed by atoms with Crippen molar-refractivity contribution in [1.29, 1.82) is 0 Å². The molecule has 5 nitrogen and oxygen atoms in total. The molecule has 0 fully saturated rings. The summed E-state index contributed by atoms with van der Waals surface area (Å²) >= 11 is 11.0. The highest BCUT2D eigenvalue weighted by Gasteiger charge is 2.32. The molecule has 8 heteroatoms. The van der Waals surface area contributed by atoms with E-state index in [0.717, 1.165) is 0 Å². The molecule has 3 rings (SSSR count). The molecule has 0 saturated carbocycles. The number of carbonyl (C=O) groups is 1. The molecule has 0 radical (unpaired) electrons. The van der Waals surface area contributed by atoms with E-state index in [2.05, 4.69) is 31.2 Å². The van der Waals surface area contributed by atoms with Gasteiger partial charge in [-0.25, -0.2) is 9.78 Å². The molecule has 1 aliphatic heterocycles. The van der Waals surface area contributed by atoms with Crippen molar-refractivity contribution in [3.05, 3.63) is 62.7 Å². The second-order valence-electron chi connectivity index (χ2n) is 4.70. The average Bonchev–Trinajstić information content (AvgIpc) is 3.08. The maximum absolute atomic E-state index is 11.8. The molecule has 0 amide bonds. The second-order valence-corrected chi connectivity index (χ2v) is 6.56. The zero-order valence-corrected chi connectivity index (χ0v) is 14.8. The molecule has 1 atom stereocenters. The van der Waals surface area contributed by atoms with Gasteiger partial charge in [0.15, 0.2) is 10.8 Å². The van der Waals surface area contributed by atoms with E-state index in [-0.39, 0.29) is 5.57 Å². The van der Waals surface area contributed by atoms with Crippen LogP contribution in [0.2, 0.25) is 5.02 Å². The van der Waals surface area contributed by atoms with E-state index in [9.17, 15) is 9.90 Å². The summed E-state index contributed by atoms with van der Waals surface area (Å²) in [7, 11) is 0. The molecular formula is C15H11BrClN3O2S. The number of nitrogens with zero attached hydrogens (tertiary/aromatic N) is 2. The lowest BCUT2D eigenvalue weighted by atomic mass is 9.96. The van der Waals surface area contributed by atoms with Crippen molar-refractivity contribution >= 4 is 50.7 Å². The Balaban J connectivity index is 2.16. The van der Waals surface area contributed by atoms with Gasteiger partial charge < -0.3 is 10.4 Å². The number of amidine groups is 1. The van der Waals surface area contributed by atoms with Crippen molar-refractivity contribution in [2.45, 2.75) is 6.04 Å². The van der Waals surface area contributed by atoms with Gasteiger partial charge >= 0.3 is 5.97 Å². The first-order valence-electron chi connectivity index (χ1n) is 6.63. The molecule has 23 heavy (non-hydrogen) atoms. The highest BCUT2D eigenvalue weighted by molar-refractivity contribution is 9.09. The number of rotatable bonds is 4. The molecule has 0 spiro atoms. The summed E-state index contributed by atoms with van der Waals surface area (Å²) in [5.41, 5.74) is 1.37. The van der Waals surface area contributed by atoms with Crippen LogP contribution in [-0.2, 0) is 4.79 Å². The summed E-state index contributed by atoms with van der Waals surface area (Å²) in [6.45, 7) is 0. The molecule has 2 N–H and O–H groups in total. The average molecular weight is 413 g/mol. The molecule has 1 unspecified atom stereocenters. The number of carboxylic acid groups (broad SMARTS) is 1. The van der Waals surface area contributed by atoms with Gasteiger partial charge in [0.2, 0.25) is 0 Å². The number of aliphatic carboxylic acids is 1. The summed E-state index contributed by atoms with van der Waals surface area (Å²) in [6.07, 6.45) is 1.68. The van der Waals surface area contributed by atoms with Crippen LogP contribution < -0.4 is 5.32 Å². The normalized spacial score (nSPS) is 17.7. The zero-order chi connectivity index (χ0) is 16.4. The van der Waals surface area contributed by atoms with Crippen LogP contribution in [0.4, 0.5) is 0 Å². The number of carboxylic acids is 1. The fourth-order valence-corrected chi connectivity index (χ4v) is 3.59. The second kappa shape index (κ2) is 6.82. The number of aliphatic imine (C=N–C) groups is 1. The highest BCUT2D eigenvalue weighted by Crippen LogP contribution is 2.35. The van der Waals surface area contributed by atoms with E-state index in [4.69, 9.17) is 11.6 Å². The zero-order valence-electron chi connectivity index (χ0n) is 11.7.